The Morgan fingerprint density at radius 1 is 1.35 bits per heavy atom. The summed E-state index contributed by atoms with van der Waals surface area (Å²) in [5, 5.41) is 22.1. The molecule has 2 heterocycles. The van der Waals surface area contributed by atoms with E-state index >= 15 is 0 Å². The largest absolute Gasteiger partial charge is 0.382 e. The summed E-state index contributed by atoms with van der Waals surface area (Å²) in [6.45, 7) is 6.27. The average Bonchev–Trinajstić information content (AvgIpc) is 3.13. The van der Waals surface area contributed by atoms with Crippen molar-refractivity contribution < 1.29 is 9.90 Å². The number of carbonyl (C=O) groups excluding carboxylic acids is 1. The van der Waals surface area contributed by atoms with Crippen LogP contribution in [0.15, 0.2) is 30.5 Å². The third-order valence-corrected chi connectivity index (χ3v) is 4.92. The first-order valence-electron chi connectivity index (χ1n) is 9.09. The van der Waals surface area contributed by atoms with Crippen LogP contribution in [0.1, 0.15) is 54.3 Å². The molecule has 0 saturated carbocycles. The first kappa shape index (κ1) is 18.5. The van der Waals surface area contributed by atoms with Gasteiger partial charge in [0.25, 0.3) is 5.91 Å². The number of likely N-dealkylation sites (tertiary alicyclic amines) is 1. The number of hydrogen-bond donors (Lipinski definition) is 2. The molecule has 1 unspecified atom stereocenters. The molecule has 1 saturated heterocycles. The molecular formula is C19H27N5O2. The second-order valence-electron chi connectivity index (χ2n) is 7.30. The Morgan fingerprint density at radius 2 is 2.08 bits per heavy atom. The molecule has 1 fully saturated rings. The van der Waals surface area contributed by atoms with Crippen LogP contribution in [-0.4, -0.2) is 51.0 Å². The molecule has 0 aliphatic carbocycles. The summed E-state index contributed by atoms with van der Waals surface area (Å²) in [6, 6.07) is 7.82. The van der Waals surface area contributed by atoms with Crippen molar-refractivity contribution >= 4 is 5.91 Å². The number of β-amino-alcohol motifs (C(OH)–C–C–N with tert-alkyl or cyclic N) is 1. The zero-order valence-corrected chi connectivity index (χ0v) is 15.6. The van der Waals surface area contributed by atoms with E-state index in [-0.39, 0.29) is 11.9 Å². The summed E-state index contributed by atoms with van der Waals surface area (Å²) in [5.74, 6) is -0.0860. The quantitative estimate of drug-likeness (QED) is 0.851. The van der Waals surface area contributed by atoms with Crippen LogP contribution in [0.25, 0.3) is 0 Å². The average molecular weight is 357 g/mol. The number of carbonyl (C=O) groups is 1. The number of piperidine rings is 1. The number of rotatable bonds is 5. The van der Waals surface area contributed by atoms with Gasteiger partial charge >= 0.3 is 0 Å². The van der Waals surface area contributed by atoms with Gasteiger partial charge in [0.15, 0.2) is 0 Å². The van der Waals surface area contributed by atoms with E-state index in [1.807, 2.05) is 44.3 Å². The summed E-state index contributed by atoms with van der Waals surface area (Å²) in [5.41, 5.74) is 1.45. The second kappa shape index (κ2) is 7.55. The van der Waals surface area contributed by atoms with Crippen molar-refractivity contribution in [1.29, 1.82) is 0 Å². The molecule has 26 heavy (non-hydrogen) atoms. The van der Waals surface area contributed by atoms with Crippen LogP contribution in [0.5, 0.6) is 0 Å². The molecule has 0 spiro atoms. The van der Waals surface area contributed by atoms with Crippen LogP contribution >= 0.6 is 0 Å². The van der Waals surface area contributed by atoms with Gasteiger partial charge in [-0.3, -0.25) is 9.69 Å². The fourth-order valence-electron chi connectivity index (χ4n) is 3.37. The minimum atomic E-state index is -0.965. The lowest BCUT2D eigenvalue weighted by Gasteiger charge is -2.38. The van der Waals surface area contributed by atoms with Crippen molar-refractivity contribution in [2.75, 3.05) is 20.1 Å². The second-order valence-corrected chi connectivity index (χ2v) is 7.30. The van der Waals surface area contributed by atoms with E-state index in [2.05, 4.69) is 20.5 Å². The summed E-state index contributed by atoms with van der Waals surface area (Å²) in [4.78, 5) is 13.9. The van der Waals surface area contributed by atoms with E-state index in [1.165, 1.54) is 0 Å². The topological polar surface area (TPSA) is 83.3 Å². The van der Waals surface area contributed by atoms with Gasteiger partial charge in [-0.2, -0.15) is 0 Å². The first-order chi connectivity index (χ1) is 12.4. The van der Waals surface area contributed by atoms with Gasteiger partial charge in [0, 0.05) is 31.7 Å². The zero-order valence-electron chi connectivity index (χ0n) is 15.6. The van der Waals surface area contributed by atoms with Crippen LogP contribution < -0.4 is 5.32 Å². The highest BCUT2D eigenvalue weighted by molar-refractivity contribution is 5.93. The lowest BCUT2D eigenvalue weighted by atomic mass is 9.89. The number of nitrogens with zero attached hydrogens (tertiary/aromatic N) is 4. The molecule has 1 atom stereocenters. The molecule has 2 N–H and O–H groups in total. The summed E-state index contributed by atoms with van der Waals surface area (Å²) < 4.78 is 1.78. The van der Waals surface area contributed by atoms with E-state index in [0.717, 1.165) is 25.1 Å². The molecule has 0 radical (unpaired) electrons. The van der Waals surface area contributed by atoms with Crippen molar-refractivity contribution in [1.82, 2.24) is 25.2 Å². The van der Waals surface area contributed by atoms with Crippen molar-refractivity contribution in [2.24, 2.45) is 0 Å². The SMILES string of the molecule is CNC(=O)c1ccc(CN2CCCC(O)(c3cn(C(C)C)nn3)C2)cc1. The molecule has 140 valence electrons. The van der Waals surface area contributed by atoms with Gasteiger partial charge in [0.2, 0.25) is 0 Å². The molecule has 2 aromatic rings. The predicted octanol–water partition coefficient (Wildman–Crippen LogP) is 1.70. The van der Waals surface area contributed by atoms with Crippen molar-refractivity contribution in [3.05, 3.63) is 47.3 Å². The molecule has 0 bridgehead atoms. The molecule has 7 heteroatoms. The highest BCUT2D eigenvalue weighted by Crippen LogP contribution is 2.31. The van der Waals surface area contributed by atoms with Gasteiger partial charge in [0.05, 0.1) is 6.20 Å². The highest BCUT2D eigenvalue weighted by Gasteiger charge is 2.37. The summed E-state index contributed by atoms with van der Waals surface area (Å²) >= 11 is 0. The van der Waals surface area contributed by atoms with Crippen molar-refractivity contribution in [2.45, 2.75) is 44.9 Å². The van der Waals surface area contributed by atoms with Gasteiger partial charge in [-0.15, -0.1) is 5.10 Å². The van der Waals surface area contributed by atoms with Gasteiger partial charge in [0.1, 0.15) is 11.3 Å². The van der Waals surface area contributed by atoms with Crippen molar-refractivity contribution in [3.8, 4) is 0 Å². The maximum atomic E-state index is 11.6. The summed E-state index contributed by atoms with van der Waals surface area (Å²) in [7, 11) is 1.63. The Morgan fingerprint density at radius 3 is 2.69 bits per heavy atom. The molecule has 1 aromatic carbocycles. The van der Waals surface area contributed by atoms with Gasteiger partial charge in [-0.25, -0.2) is 4.68 Å². The molecule has 7 nitrogen and oxygen atoms in total. The van der Waals surface area contributed by atoms with Crippen LogP contribution in [-0.2, 0) is 12.1 Å². The number of hydrogen-bond acceptors (Lipinski definition) is 5. The minimum absolute atomic E-state index is 0.0860. The maximum absolute atomic E-state index is 11.6. The molecule has 1 aliphatic heterocycles. The third kappa shape index (κ3) is 3.94. The number of benzene rings is 1. The van der Waals surface area contributed by atoms with E-state index in [1.54, 1.807) is 11.7 Å². The normalized spacial score (nSPS) is 21.1. The van der Waals surface area contributed by atoms with Gasteiger partial charge in [-0.05, 0) is 50.9 Å². The summed E-state index contributed by atoms with van der Waals surface area (Å²) in [6.07, 6.45) is 3.45. The van der Waals surface area contributed by atoms with Crippen LogP contribution in [0, 0.1) is 0 Å². The zero-order chi connectivity index (χ0) is 18.7. The Labute approximate surface area is 154 Å². The molecule has 1 aliphatic rings. The third-order valence-electron chi connectivity index (χ3n) is 4.92. The van der Waals surface area contributed by atoms with Crippen LogP contribution in [0.3, 0.4) is 0 Å². The lowest BCUT2D eigenvalue weighted by Crippen LogP contribution is -2.45. The van der Waals surface area contributed by atoms with Gasteiger partial charge in [-0.1, -0.05) is 17.3 Å². The van der Waals surface area contributed by atoms with E-state index in [9.17, 15) is 9.90 Å². The van der Waals surface area contributed by atoms with Crippen LogP contribution in [0.2, 0.25) is 0 Å². The van der Waals surface area contributed by atoms with E-state index in [0.29, 0.717) is 24.2 Å². The standard InChI is InChI=1S/C19H27N5O2/c1-14(2)24-12-17(21-22-24)19(26)9-4-10-23(13-19)11-15-5-7-16(8-6-15)18(25)20-3/h5-8,12,14,26H,4,9-11,13H2,1-3H3,(H,20,25). The van der Waals surface area contributed by atoms with Crippen LogP contribution in [0.4, 0.5) is 0 Å². The number of aromatic nitrogens is 3. The number of amides is 1. The van der Waals surface area contributed by atoms with E-state index < -0.39 is 5.60 Å². The fraction of sp³-hybridized carbons (Fsp3) is 0.526. The highest BCUT2D eigenvalue weighted by atomic mass is 16.3. The maximum Gasteiger partial charge on any atom is 0.251 e. The monoisotopic (exact) mass is 357 g/mol. The molecule has 3 rings (SSSR count). The fourth-order valence-corrected chi connectivity index (χ4v) is 3.37. The Balaban J connectivity index is 1.68. The Kier molecular flexibility index (Phi) is 5.38. The minimum Gasteiger partial charge on any atom is -0.382 e. The lowest BCUT2D eigenvalue weighted by molar-refractivity contribution is -0.0414. The molecule has 1 aromatic heterocycles. The Bertz CT molecular complexity index is 756. The van der Waals surface area contributed by atoms with Crippen molar-refractivity contribution in [3.63, 3.8) is 0 Å². The molecular weight excluding hydrogens is 330 g/mol. The smallest absolute Gasteiger partial charge is 0.251 e. The Hall–Kier alpha value is -2.25. The van der Waals surface area contributed by atoms with Gasteiger partial charge < -0.3 is 10.4 Å². The molecule has 1 amide bonds. The van der Waals surface area contributed by atoms with E-state index in [4.69, 9.17) is 0 Å². The predicted molar refractivity (Wildman–Crippen MR) is 98.6 cm³/mol. The number of nitrogens with one attached hydrogen (secondary N) is 1. The first-order valence-corrected chi connectivity index (χ1v) is 9.09. The number of aliphatic hydroxyl groups is 1.